The van der Waals surface area contributed by atoms with E-state index in [2.05, 4.69) is 25.9 Å². The number of rotatable bonds is 4. The van der Waals surface area contributed by atoms with Crippen LogP contribution in [-0.2, 0) is 18.0 Å². The fourth-order valence-electron chi connectivity index (χ4n) is 2.92. The highest BCUT2D eigenvalue weighted by Crippen LogP contribution is 2.22. The number of hydrogen-bond acceptors (Lipinski definition) is 3. The first-order chi connectivity index (χ1) is 12.0. The monoisotopic (exact) mass is 412 g/mol. The number of anilines is 1. The summed E-state index contributed by atoms with van der Waals surface area (Å²) in [4.78, 5) is 16.4. The van der Waals surface area contributed by atoms with Crippen LogP contribution in [0.3, 0.4) is 0 Å². The standard InChI is InChI=1S/C17H19BrF2N4O/c1-12-17(18)15(10-19)21-24(12)11-16(25)23-8-6-22(7-9-23)14-4-2-13(20)3-5-14/h2-5H,6-11H2,1H3. The number of alkyl halides is 1. The highest BCUT2D eigenvalue weighted by atomic mass is 79.9. The van der Waals surface area contributed by atoms with Crippen LogP contribution in [0.25, 0.3) is 0 Å². The van der Waals surface area contributed by atoms with Crippen molar-refractivity contribution in [1.29, 1.82) is 0 Å². The van der Waals surface area contributed by atoms with Gasteiger partial charge in [-0.2, -0.15) is 5.10 Å². The Labute approximate surface area is 153 Å². The number of carbonyl (C=O) groups is 1. The molecule has 1 aliphatic heterocycles. The number of aromatic nitrogens is 2. The SMILES string of the molecule is Cc1c(Br)c(CF)nn1CC(=O)N1CCN(c2ccc(F)cc2)CC1. The quantitative estimate of drug-likeness (QED) is 0.774. The maximum absolute atomic E-state index is 13.0. The van der Waals surface area contributed by atoms with Gasteiger partial charge in [-0.3, -0.25) is 9.48 Å². The zero-order valence-corrected chi connectivity index (χ0v) is 15.5. The molecular formula is C17H19BrF2N4O. The summed E-state index contributed by atoms with van der Waals surface area (Å²) in [5.74, 6) is -0.298. The summed E-state index contributed by atoms with van der Waals surface area (Å²) in [7, 11) is 0. The average Bonchev–Trinajstić information content (AvgIpc) is 2.90. The Balaban J connectivity index is 1.59. The largest absolute Gasteiger partial charge is 0.368 e. The molecule has 1 fully saturated rings. The second kappa shape index (κ2) is 7.51. The minimum Gasteiger partial charge on any atom is -0.368 e. The first kappa shape index (κ1) is 17.8. The fraction of sp³-hybridized carbons (Fsp3) is 0.412. The summed E-state index contributed by atoms with van der Waals surface area (Å²) in [5, 5.41) is 4.13. The van der Waals surface area contributed by atoms with Gasteiger partial charge in [0.15, 0.2) is 0 Å². The van der Waals surface area contributed by atoms with E-state index in [-0.39, 0.29) is 18.3 Å². The summed E-state index contributed by atoms with van der Waals surface area (Å²) in [5.41, 5.74) is 2.00. The second-order valence-electron chi connectivity index (χ2n) is 5.98. The average molecular weight is 413 g/mol. The third kappa shape index (κ3) is 3.84. The number of hydrogen-bond donors (Lipinski definition) is 0. The van der Waals surface area contributed by atoms with Crippen LogP contribution in [0.1, 0.15) is 11.4 Å². The van der Waals surface area contributed by atoms with Gasteiger partial charge in [0.05, 0.1) is 10.2 Å². The van der Waals surface area contributed by atoms with Crippen LogP contribution in [0.2, 0.25) is 0 Å². The lowest BCUT2D eigenvalue weighted by atomic mass is 10.2. The van der Waals surface area contributed by atoms with Crippen LogP contribution in [-0.4, -0.2) is 46.8 Å². The molecule has 0 atom stereocenters. The summed E-state index contributed by atoms with van der Waals surface area (Å²) < 4.78 is 28.0. The molecule has 25 heavy (non-hydrogen) atoms. The van der Waals surface area contributed by atoms with Crippen molar-refractivity contribution in [2.75, 3.05) is 31.1 Å². The fourth-order valence-corrected chi connectivity index (χ4v) is 3.31. The van der Waals surface area contributed by atoms with Gasteiger partial charge in [-0.25, -0.2) is 8.78 Å². The van der Waals surface area contributed by atoms with Crippen molar-refractivity contribution >= 4 is 27.5 Å². The van der Waals surface area contributed by atoms with Crippen molar-refractivity contribution in [2.24, 2.45) is 0 Å². The third-order valence-corrected chi connectivity index (χ3v) is 5.47. The summed E-state index contributed by atoms with van der Waals surface area (Å²) in [6.45, 7) is 3.79. The van der Waals surface area contributed by atoms with Crippen LogP contribution in [0.4, 0.5) is 14.5 Å². The predicted molar refractivity (Wildman–Crippen MR) is 94.7 cm³/mol. The number of benzene rings is 1. The predicted octanol–water partition coefficient (Wildman–Crippen LogP) is 2.91. The molecule has 0 aliphatic carbocycles. The minimum atomic E-state index is -0.668. The van der Waals surface area contributed by atoms with E-state index in [0.29, 0.717) is 36.3 Å². The van der Waals surface area contributed by atoms with Crippen LogP contribution in [0.5, 0.6) is 0 Å². The number of nitrogens with zero attached hydrogens (tertiary/aromatic N) is 4. The van der Waals surface area contributed by atoms with Gasteiger partial charge in [0, 0.05) is 31.9 Å². The Morgan fingerprint density at radius 2 is 1.84 bits per heavy atom. The Hall–Kier alpha value is -1.96. The summed E-state index contributed by atoms with van der Waals surface area (Å²) in [6.07, 6.45) is 0. The van der Waals surface area contributed by atoms with E-state index in [0.717, 1.165) is 11.4 Å². The molecule has 2 aromatic rings. The Bertz CT molecular complexity index is 755. The van der Waals surface area contributed by atoms with Gasteiger partial charge in [0.2, 0.25) is 5.91 Å². The Morgan fingerprint density at radius 3 is 2.40 bits per heavy atom. The van der Waals surface area contributed by atoms with E-state index >= 15 is 0 Å². The lowest BCUT2D eigenvalue weighted by molar-refractivity contribution is -0.132. The van der Waals surface area contributed by atoms with Crippen LogP contribution in [0.15, 0.2) is 28.7 Å². The Morgan fingerprint density at radius 1 is 1.20 bits per heavy atom. The molecule has 0 N–H and O–H groups in total. The third-order valence-electron chi connectivity index (χ3n) is 4.44. The zero-order chi connectivity index (χ0) is 18.0. The van der Waals surface area contributed by atoms with Gasteiger partial charge in [-0.1, -0.05) is 0 Å². The second-order valence-corrected chi connectivity index (χ2v) is 6.77. The molecule has 1 amide bonds. The maximum atomic E-state index is 13.0. The molecule has 0 radical (unpaired) electrons. The van der Waals surface area contributed by atoms with Crippen LogP contribution < -0.4 is 4.90 Å². The van der Waals surface area contributed by atoms with E-state index in [1.807, 2.05) is 0 Å². The molecule has 134 valence electrons. The molecule has 5 nitrogen and oxygen atoms in total. The highest BCUT2D eigenvalue weighted by Gasteiger charge is 2.23. The Kier molecular flexibility index (Phi) is 5.36. The van der Waals surface area contributed by atoms with Gasteiger partial charge < -0.3 is 9.80 Å². The maximum Gasteiger partial charge on any atom is 0.244 e. The lowest BCUT2D eigenvalue weighted by Gasteiger charge is -2.36. The molecule has 1 aromatic carbocycles. The minimum absolute atomic E-state index is 0.0396. The molecular weight excluding hydrogens is 394 g/mol. The zero-order valence-electron chi connectivity index (χ0n) is 13.9. The van der Waals surface area contributed by atoms with Crippen LogP contribution >= 0.6 is 15.9 Å². The van der Waals surface area contributed by atoms with Crippen molar-refractivity contribution < 1.29 is 13.6 Å². The molecule has 1 aromatic heterocycles. The number of piperazine rings is 1. The molecule has 0 saturated carbocycles. The molecule has 0 spiro atoms. The van der Waals surface area contributed by atoms with Gasteiger partial charge >= 0.3 is 0 Å². The lowest BCUT2D eigenvalue weighted by Crippen LogP contribution is -2.49. The van der Waals surface area contributed by atoms with Crippen molar-refractivity contribution in [3.8, 4) is 0 Å². The first-order valence-electron chi connectivity index (χ1n) is 8.05. The van der Waals surface area contributed by atoms with Crippen molar-refractivity contribution in [3.63, 3.8) is 0 Å². The summed E-state index contributed by atoms with van der Waals surface area (Å²) in [6, 6.07) is 6.37. The molecule has 0 unspecified atom stereocenters. The van der Waals surface area contributed by atoms with Crippen molar-refractivity contribution in [3.05, 3.63) is 45.9 Å². The number of carbonyl (C=O) groups excluding carboxylic acids is 1. The van der Waals surface area contributed by atoms with Crippen molar-refractivity contribution in [2.45, 2.75) is 20.1 Å². The van der Waals surface area contributed by atoms with E-state index in [1.165, 1.54) is 16.8 Å². The van der Waals surface area contributed by atoms with Gasteiger partial charge in [0.25, 0.3) is 0 Å². The number of amides is 1. The molecule has 1 saturated heterocycles. The highest BCUT2D eigenvalue weighted by molar-refractivity contribution is 9.10. The molecule has 3 rings (SSSR count). The normalized spacial score (nSPS) is 14.9. The molecule has 2 heterocycles. The molecule has 0 bridgehead atoms. The van der Waals surface area contributed by atoms with Crippen molar-refractivity contribution in [1.82, 2.24) is 14.7 Å². The first-order valence-corrected chi connectivity index (χ1v) is 8.85. The van der Waals surface area contributed by atoms with Gasteiger partial charge in [0.1, 0.15) is 24.7 Å². The summed E-state index contributed by atoms with van der Waals surface area (Å²) >= 11 is 3.30. The van der Waals surface area contributed by atoms with E-state index in [1.54, 1.807) is 24.0 Å². The topological polar surface area (TPSA) is 41.4 Å². The smallest absolute Gasteiger partial charge is 0.244 e. The van der Waals surface area contributed by atoms with Crippen LogP contribution in [0, 0.1) is 12.7 Å². The molecule has 1 aliphatic rings. The number of halogens is 3. The van der Waals surface area contributed by atoms with Gasteiger partial charge in [-0.05, 0) is 47.1 Å². The van der Waals surface area contributed by atoms with E-state index in [9.17, 15) is 13.6 Å². The van der Waals surface area contributed by atoms with E-state index in [4.69, 9.17) is 0 Å². The molecule has 8 heteroatoms. The van der Waals surface area contributed by atoms with E-state index < -0.39 is 6.67 Å². The van der Waals surface area contributed by atoms with Gasteiger partial charge in [-0.15, -0.1) is 0 Å².